The molecule has 1 atom stereocenters. The van der Waals surface area contributed by atoms with Crippen LogP contribution in [0.25, 0.3) is 33.0 Å². The summed E-state index contributed by atoms with van der Waals surface area (Å²) >= 11 is 0. The van der Waals surface area contributed by atoms with Crippen molar-refractivity contribution in [3.05, 3.63) is 240 Å². The number of para-hydroxylation sites is 5. The van der Waals surface area contributed by atoms with Crippen LogP contribution in [-0.4, -0.2) is 0 Å². The quantitative estimate of drug-likeness (QED) is 0.166. The third kappa shape index (κ3) is 5.61. The van der Waals surface area contributed by atoms with E-state index in [-0.39, 0.29) is 11.3 Å². The van der Waals surface area contributed by atoms with Crippen LogP contribution in [0, 0.1) is 0 Å². The monoisotopic (exact) mass is 862 g/mol. The van der Waals surface area contributed by atoms with Gasteiger partial charge in [0.1, 0.15) is 11.5 Å². The SMILES string of the molecule is CC1(C)c2ccccc2Oc2cc(N(c3ccccc3)c3ccc4c5c(cccc35)-c3cc(N(c5ccccc5)c5ccc6c(c5)Oc5ccccc5O6)cc5c3C4c3ccccc3-5)ccc21. The number of nitrogens with zero attached hydrogens (tertiary/aromatic N) is 2. The molecule has 14 rings (SSSR count). The molecule has 67 heavy (non-hydrogen) atoms. The van der Waals surface area contributed by atoms with E-state index < -0.39 is 0 Å². The van der Waals surface area contributed by atoms with Crippen molar-refractivity contribution < 1.29 is 14.2 Å². The van der Waals surface area contributed by atoms with Crippen LogP contribution in [0.4, 0.5) is 34.1 Å². The number of ether oxygens (including phenoxy) is 3. The lowest BCUT2D eigenvalue weighted by Crippen LogP contribution is -2.24. The van der Waals surface area contributed by atoms with Crippen LogP contribution in [0.15, 0.2) is 212 Å². The third-order valence-electron chi connectivity index (χ3n) is 14.3. The van der Waals surface area contributed by atoms with Gasteiger partial charge in [-0.1, -0.05) is 135 Å². The van der Waals surface area contributed by atoms with E-state index in [2.05, 4.69) is 206 Å². The van der Waals surface area contributed by atoms with Gasteiger partial charge in [0, 0.05) is 62.7 Å². The van der Waals surface area contributed by atoms with E-state index in [4.69, 9.17) is 14.2 Å². The summed E-state index contributed by atoms with van der Waals surface area (Å²) in [5, 5.41) is 2.46. The number of anilines is 6. The number of benzene rings is 10. The molecule has 2 heterocycles. The first-order valence-corrected chi connectivity index (χ1v) is 23.0. The van der Waals surface area contributed by atoms with Gasteiger partial charge in [-0.25, -0.2) is 0 Å². The smallest absolute Gasteiger partial charge is 0.172 e. The largest absolute Gasteiger partial charge is 0.457 e. The Balaban J connectivity index is 0.970. The normalized spacial score (nSPS) is 14.7. The van der Waals surface area contributed by atoms with Gasteiger partial charge in [0.2, 0.25) is 0 Å². The fourth-order valence-electron chi connectivity index (χ4n) is 11.3. The fourth-order valence-corrected chi connectivity index (χ4v) is 11.3. The molecule has 10 aromatic carbocycles. The van der Waals surface area contributed by atoms with Crippen LogP contribution in [0.1, 0.15) is 47.6 Å². The van der Waals surface area contributed by atoms with Crippen LogP contribution in [-0.2, 0) is 5.41 Å². The molecule has 0 aromatic heterocycles. The van der Waals surface area contributed by atoms with Crippen molar-refractivity contribution in [2.75, 3.05) is 9.80 Å². The average molecular weight is 863 g/mol. The summed E-state index contributed by atoms with van der Waals surface area (Å²) in [6.07, 6.45) is 0. The van der Waals surface area contributed by atoms with Crippen molar-refractivity contribution >= 4 is 44.9 Å². The van der Waals surface area contributed by atoms with Gasteiger partial charge in [-0.2, -0.15) is 0 Å². The molecule has 5 heteroatoms. The Hall–Kier alpha value is -8.54. The molecule has 318 valence electrons. The highest BCUT2D eigenvalue weighted by Gasteiger charge is 2.39. The zero-order valence-electron chi connectivity index (χ0n) is 36.9. The third-order valence-corrected chi connectivity index (χ3v) is 14.3. The first-order valence-electron chi connectivity index (χ1n) is 23.0. The van der Waals surface area contributed by atoms with E-state index in [1.807, 2.05) is 30.3 Å². The van der Waals surface area contributed by atoms with Crippen LogP contribution in [0.5, 0.6) is 34.5 Å². The van der Waals surface area contributed by atoms with E-state index in [9.17, 15) is 0 Å². The molecule has 0 N–H and O–H groups in total. The minimum atomic E-state index is -0.215. The number of hydrogen-bond acceptors (Lipinski definition) is 5. The molecule has 0 saturated carbocycles. The van der Waals surface area contributed by atoms with E-state index >= 15 is 0 Å². The maximum Gasteiger partial charge on any atom is 0.172 e. The Morgan fingerprint density at radius 2 is 0.925 bits per heavy atom. The van der Waals surface area contributed by atoms with Crippen molar-refractivity contribution in [2.45, 2.75) is 25.2 Å². The topological polar surface area (TPSA) is 34.2 Å². The van der Waals surface area contributed by atoms with Gasteiger partial charge in [-0.05, 0) is 123 Å². The number of rotatable bonds is 6. The predicted molar refractivity (Wildman–Crippen MR) is 270 cm³/mol. The van der Waals surface area contributed by atoms with Gasteiger partial charge in [0.25, 0.3) is 0 Å². The maximum absolute atomic E-state index is 6.73. The molecular weight excluding hydrogens is 821 g/mol. The second kappa shape index (κ2) is 14.2. The lowest BCUT2D eigenvalue weighted by Gasteiger charge is -2.36. The van der Waals surface area contributed by atoms with Crippen LogP contribution < -0.4 is 24.0 Å². The minimum Gasteiger partial charge on any atom is -0.457 e. The summed E-state index contributed by atoms with van der Waals surface area (Å²) in [5.41, 5.74) is 17.5. The standard InChI is InChI=1S/C62H42N2O3/c1-62(2)50-24-11-12-25-53(50)65-57-36-41(28-31-51(57)62)64(39-18-7-4-8-19-39)52-32-30-47-59-45(22-15-23-46(52)59)49-35-42(34-48-43-20-9-10-21-44(43)60(47)61(48)49)63(38-16-5-3-6-17-38)40-29-33-56-58(37-40)67-55-27-14-13-26-54(55)66-56/h3-37,60H,1-2H3. The Kier molecular flexibility index (Phi) is 8.03. The fraction of sp³-hybridized carbons (Fsp3) is 0.0645. The van der Waals surface area contributed by atoms with E-state index in [1.165, 1.54) is 60.8 Å². The second-order valence-electron chi connectivity index (χ2n) is 18.4. The van der Waals surface area contributed by atoms with Gasteiger partial charge in [0.05, 0.1) is 11.4 Å². The predicted octanol–water partition coefficient (Wildman–Crippen LogP) is 17.2. The van der Waals surface area contributed by atoms with Gasteiger partial charge in [-0.3, -0.25) is 0 Å². The molecule has 4 aliphatic rings. The zero-order valence-corrected chi connectivity index (χ0v) is 36.9. The Labute approximate surface area is 389 Å². The number of hydrogen-bond donors (Lipinski definition) is 0. The summed E-state index contributed by atoms with van der Waals surface area (Å²) < 4.78 is 19.5. The lowest BCUT2D eigenvalue weighted by atomic mass is 9.75. The lowest BCUT2D eigenvalue weighted by molar-refractivity contribution is 0.360. The van der Waals surface area contributed by atoms with Crippen molar-refractivity contribution in [1.29, 1.82) is 0 Å². The molecule has 0 fully saturated rings. The molecule has 1 unspecified atom stereocenters. The first-order chi connectivity index (χ1) is 33.0. The molecule has 0 amide bonds. The highest BCUT2D eigenvalue weighted by atomic mass is 16.6. The zero-order chi connectivity index (χ0) is 44.4. The van der Waals surface area contributed by atoms with Crippen molar-refractivity contribution in [1.82, 2.24) is 0 Å². The molecule has 0 radical (unpaired) electrons. The first kappa shape index (κ1) is 37.8. The van der Waals surface area contributed by atoms with Crippen LogP contribution in [0.3, 0.4) is 0 Å². The Morgan fingerprint density at radius 1 is 0.358 bits per heavy atom. The molecule has 0 bridgehead atoms. The molecule has 5 nitrogen and oxygen atoms in total. The minimum absolute atomic E-state index is 0.0749. The van der Waals surface area contributed by atoms with E-state index in [0.29, 0.717) is 23.0 Å². The molecule has 0 saturated heterocycles. The highest BCUT2D eigenvalue weighted by molar-refractivity contribution is 6.12. The van der Waals surface area contributed by atoms with Crippen LogP contribution in [0.2, 0.25) is 0 Å². The van der Waals surface area contributed by atoms with Crippen molar-refractivity contribution in [2.24, 2.45) is 0 Å². The second-order valence-corrected chi connectivity index (χ2v) is 18.4. The van der Waals surface area contributed by atoms with E-state index in [0.717, 1.165) is 45.6 Å². The van der Waals surface area contributed by atoms with E-state index in [1.54, 1.807) is 0 Å². The summed E-state index contributed by atoms with van der Waals surface area (Å²) in [7, 11) is 0. The highest BCUT2D eigenvalue weighted by Crippen LogP contribution is 2.60. The van der Waals surface area contributed by atoms with Crippen molar-refractivity contribution in [3.63, 3.8) is 0 Å². The Bertz CT molecular complexity index is 3670. The molecule has 0 spiro atoms. The summed E-state index contributed by atoms with van der Waals surface area (Å²) in [6, 6.07) is 76.0. The van der Waals surface area contributed by atoms with Gasteiger partial charge in [-0.15, -0.1) is 0 Å². The summed E-state index contributed by atoms with van der Waals surface area (Å²) in [4.78, 5) is 4.75. The molecule has 2 aliphatic heterocycles. The van der Waals surface area contributed by atoms with Crippen LogP contribution >= 0.6 is 0 Å². The molecule has 10 aromatic rings. The molecular formula is C62H42N2O3. The summed E-state index contributed by atoms with van der Waals surface area (Å²) in [5.74, 6) is 4.65. The van der Waals surface area contributed by atoms with Gasteiger partial charge in [0.15, 0.2) is 23.0 Å². The average Bonchev–Trinajstić information content (AvgIpc) is 3.70. The van der Waals surface area contributed by atoms with Gasteiger partial charge < -0.3 is 24.0 Å². The van der Waals surface area contributed by atoms with Crippen molar-refractivity contribution in [3.8, 4) is 56.8 Å². The Morgan fingerprint density at radius 3 is 1.72 bits per heavy atom. The maximum atomic E-state index is 6.73. The van der Waals surface area contributed by atoms with Gasteiger partial charge >= 0.3 is 0 Å². The summed E-state index contributed by atoms with van der Waals surface area (Å²) in [6.45, 7) is 4.58. The molecule has 2 aliphatic carbocycles. The number of fused-ring (bicyclic) bond motifs is 9.